The zero-order valence-electron chi connectivity index (χ0n) is 16.7. The molecule has 1 amide bonds. The number of anilines is 2. The van der Waals surface area contributed by atoms with Gasteiger partial charge < -0.3 is 15.2 Å². The van der Waals surface area contributed by atoms with Gasteiger partial charge in [0.1, 0.15) is 25.1 Å². The van der Waals surface area contributed by atoms with Gasteiger partial charge in [-0.1, -0.05) is 29.8 Å². The number of carbonyl (C=O) groups excluding carboxylic acids is 1. The number of halogens is 5. The van der Waals surface area contributed by atoms with Gasteiger partial charge in [0.05, 0.1) is 22.0 Å². The lowest BCUT2D eigenvalue weighted by molar-refractivity contribution is -0.0259. The lowest BCUT2D eigenvalue weighted by Crippen LogP contribution is -2.31. The summed E-state index contributed by atoms with van der Waals surface area (Å²) in [6, 6.07) is 13.9. The van der Waals surface area contributed by atoms with E-state index >= 15 is 0 Å². The van der Waals surface area contributed by atoms with E-state index in [9.17, 15) is 23.1 Å². The average molecular weight is 593 g/mol. The van der Waals surface area contributed by atoms with Gasteiger partial charge in [-0.25, -0.2) is 18.7 Å². The Labute approximate surface area is 205 Å². The second kappa shape index (κ2) is 11.5. The molecule has 174 valence electrons. The first-order chi connectivity index (χ1) is 15.8. The van der Waals surface area contributed by atoms with Crippen LogP contribution in [0.2, 0.25) is 5.02 Å². The van der Waals surface area contributed by atoms with Crippen LogP contribution in [0.3, 0.4) is 0 Å². The number of hydroxylamine groups is 1. The number of para-hydroxylation sites is 1. The molecule has 1 atom stereocenters. The van der Waals surface area contributed by atoms with Crippen LogP contribution in [0, 0.1) is 21.0 Å². The van der Waals surface area contributed by atoms with Gasteiger partial charge in [0, 0.05) is 3.57 Å². The number of hydrogen-bond donors (Lipinski definition) is 3. The van der Waals surface area contributed by atoms with Crippen LogP contribution >= 0.6 is 34.2 Å². The second-order valence-corrected chi connectivity index (χ2v) is 8.33. The third-order valence-corrected chi connectivity index (χ3v) is 5.21. The molecule has 3 N–H and O–H groups in total. The minimum Gasteiger partial charge on any atom is -0.491 e. The summed E-state index contributed by atoms with van der Waals surface area (Å²) in [5, 5.41) is 12.6. The van der Waals surface area contributed by atoms with Crippen LogP contribution in [0.1, 0.15) is 10.4 Å². The maximum absolute atomic E-state index is 14.5. The summed E-state index contributed by atoms with van der Waals surface area (Å²) in [6.07, 6.45) is -1.12. The summed E-state index contributed by atoms with van der Waals surface area (Å²) in [6.45, 7) is -0.506. The predicted molar refractivity (Wildman–Crippen MR) is 125 cm³/mol. The largest absolute Gasteiger partial charge is 0.491 e. The molecule has 0 aliphatic heterocycles. The number of amides is 1. The SMILES string of the molecule is O=C(NOCC(O)COc1ccccc1)c1cc(F)c(F)c(F)c1Nc1ccc(I)cc1Cl. The van der Waals surface area contributed by atoms with Crippen molar-refractivity contribution in [3.05, 3.63) is 86.2 Å². The predicted octanol–water partition coefficient (Wildman–Crippen LogP) is 5.21. The highest BCUT2D eigenvalue weighted by molar-refractivity contribution is 14.1. The van der Waals surface area contributed by atoms with Gasteiger partial charge in [-0.15, -0.1) is 0 Å². The normalized spacial score (nSPS) is 11.7. The molecule has 0 saturated carbocycles. The Morgan fingerprint density at radius 2 is 1.79 bits per heavy atom. The van der Waals surface area contributed by atoms with Gasteiger partial charge in [0.25, 0.3) is 5.91 Å². The molecule has 0 spiro atoms. The van der Waals surface area contributed by atoms with Crippen LogP contribution in [0.15, 0.2) is 54.6 Å². The fraction of sp³-hybridized carbons (Fsp3) is 0.136. The molecule has 3 rings (SSSR count). The number of aliphatic hydroxyl groups is 1. The molecule has 1 unspecified atom stereocenters. The Morgan fingerprint density at radius 1 is 1.06 bits per heavy atom. The van der Waals surface area contributed by atoms with Crippen LogP contribution in [-0.2, 0) is 4.84 Å². The van der Waals surface area contributed by atoms with Crippen LogP contribution in [0.4, 0.5) is 24.5 Å². The smallest absolute Gasteiger partial charge is 0.277 e. The molecule has 0 heterocycles. The maximum atomic E-state index is 14.5. The van der Waals surface area contributed by atoms with E-state index in [4.69, 9.17) is 21.2 Å². The molecule has 3 aromatic carbocycles. The number of benzene rings is 3. The molecule has 3 aromatic rings. The molecule has 0 fully saturated rings. The van der Waals surface area contributed by atoms with E-state index in [1.54, 1.807) is 42.5 Å². The number of rotatable bonds is 9. The fourth-order valence-electron chi connectivity index (χ4n) is 2.64. The van der Waals surface area contributed by atoms with Gasteiger partial charge in [-0.05, 0) is 59.0 Å². The lowest BCUT2D eigenvalue weighted by Gasteiger charge is -2.16. The molecule has 0 aliphatic carbocycles. The zero-order chi connectivity index (χ0) is 24.0. The van der Waals surface area contributed by atoms with Crippen molar-refractivity contribution in [3.8, 4) is 5.75 Å². The van der Waals surface area contributed by atoms with Crippen molar-refractivity contribution in [2.45, 2.75) is 6.10 Å². The number of carbonyl (C=O) groups is 1. The zero-order valence-corrected chi connectivity index (χ0v) is 19.7. The van der Waals surface area contributed by atoms with Gasteiger partial charge in [-0.2, -0.15) is 0 Å². The molecule has 11 heteroatoms. The van der Waals surface area contributed by atoms with Crippen molar-refractivity contribution in [2.75, 3.05) is 18.5 Å². The lowest BCUT2D eigenvalue weighted by atomic mass is 10.1. The highest BCUT2D eigenvalue weighted by Crippen LogP contribution is 2.32. The van der Waals surface area contributed by atoms with Crippen molar-refractivity contribution in [1.82, 2.24) is 5.48 Å². The number of aliphatic hydroxyl groups excluding tert-OH is 1. The molecule has 33 heavy (non-hydrogen) atoms. The summed E-state index contributed by atoms with van der Waals surface area (Å²) in [5.41, 5.74) is 0.933. The Bertz CT molecular complexity index is 1140. The van der Waals surface area contributed by atoms with E-state index in [1.807, 2.05) is 28.1 Å². The first-order valence-corrected chi connectivity index (χ1v) is 10.9. The average Bonchev–Trinajstić information content (AvgIpc) is 2.80. The first kappa shape index (κ1) is 25.1. The van der Waals surface area contributed by atoms with Crippen LogP contribution in [-0.4, -0.2) is 30.3 Å². The standard InChI is InChI=1S/C22H17ClF3IN2O4/c23-16-8-12(27)6-7-18(16)28-21-15(9-17(24)19(25)20(21)26)22(31)29-33-11-13(30)10-32-14-4-2-1-3-5-14/h1-9,13,28,30H,10-11H2,(H,29,31). The third kappa shape index (κ3) is 6.73. The summed E-state index contributed by atoms with van der Waals surface area (Å²) in [5.74, 6) is -5.47. The Morgan fingerprint density at radius 3 is 2.48 bits per heavy atom. The van der Waals surface area contributed by atoms with E-state index in [0.29, 0.717) is 11.8 Å². The molecule has 0 aromatic heterocycles. The van der Waals surface area contributed by atoms with Crippen LogP contribution < -0.4 is 15.5 Å². The van der Waals surface area contributed by atoms with E-state index in [2.05, 4.69) is 5.32 Å². The molecule has 6 nitrogen and oxygen atoms in total. The van der Waals surface area contributed by atoms with Crippen LogP contribution in [0.5, 0.6) is 5.75 Å². The quantitative estimate of drug-likeness (QED) is 0.181. The van der Waals surface area contributed by atoms with E-state index < -0.39 is 40.7 Å². The highest BCUT2D eigenvalue weighted by atomic mass is 127. The van der Waals surface area contributed by atoms with Gasteiger partial charge in [0.15, 0.2) is 17.5 Å². The molecular weight excluding hydrogens is 576 g/mol. The number of nitrogens with one attached hydrogen (secondary N) is 2. The monoisotopic (exact) mass is 592 g/mol. The number of ether oxygens (including phenoxy) is 1. The van der Waals surface area contributed by atoms with Crippen molar-refractivity contribution in [3.63, 3.8) is 0 Å². The summed E-state index contributed by atoms with van der Waals surface area (Å²) < 4.78 is 48.3. The van der Waals surface area contributed by atoms with E-state index in [1.165, 1.54) is 6.07 Å². The van der Waals surface area contributed by atoms with Crippen molar-refractivity contribution in [1.29, 1.82) is 0 Å². The van der Waals surface area contributed by atoms with Gasteiger partial charge in [-0.3, -0.25) is 9.63 Å². The molecule has 0 aliphatic rings. The van der Waals surface area contributed by atoms with Crippen molar-refractivity contribution in [2.24, 2.45) is 0 Å². The second-order valence-electron chi connectivity index (χ2n) is 6.68. The first-order valence-electron chi connectivity index (χ1n) is 9.44. The van der Waals surface area contributed by atoms with Crippen LogP contribution in [0.25, 0.3) is 0 Å². The topological polar surface area (TPSA) is 79.8 Å². The van der Waals surface area contributed by atoms with E-state index in [-0.39, 0.29) is 23.9 Å². The highest BCUT2D eigenvalue weighted by Gasteiger charge is 2.24. The Hall–Kier alpha value is -2.54. The third-order valence-electron chi connectivity index (χ3n) is 4.22. The van der Waals surface area contributed by atoms with Crippen molar-refractivity contribution < 1.29 is 32.6 Å². The van der Waals surface area contributed by atoms with Gasteiger partial charge >= 0.3 is 0 Å². The minimum absolute atomic E-state index is 0.127. The van der Waals surface area contributed by atoms with Gasteiger partial charge in [0.2, 0.25) is 0 Å². The summed E-state index contributed by atoms with van der Waals surface area (Å²) >= 11 is 8.11. The Balaban J connectivity index is 1.67. The maximum Gasteiger partial charge on any atom is 0.277 e. The molecule has 0 radical (unpaired) electrons. The Kier molecular flexibility index (Phi) is 8.78. The molecular formula is C22H17ClF3IN2O4. The van der Waals surface area contributed by atoms with E-state index in [0.717, 1.165) is 3.57 Å². The summed E-state index contributed by atoms with van der Waals surface area (Å²) in [7, 11) is 0. The molecule has 0 saturated heterocycles. The minimum atomic E-state index is -1.76. The molecule has 0 bridgehead atoms. The fourth-order valence-corrected chi connectivity index (χ4v) is 3.54. The van der Waals surface area contributed by atoms with Crippen molar-refractivity contribution >= 4 is 51.5 Å². The number of hydrogen-bond acceptors (Lipinski definition) is 5. The summed E-state index contributed by atoms with van der Waals surface area (Å²) in [4.78, 5) is 17.4.